The Morgan fingerprint density at radius 2 is 1.84 bits per heavy atom. The van der Waals surface area contributed by atoms with Gasteiger partial charge in [0.1, 0.15) is 0 Å². The van der Waals surface area contributed by atoms with Crippen LogP contribution in [0.4, 0.5) is 5.95 Å². The highest BCUT2D eigenvalue weighted by Gasteiger charge is 2.36. The minimum Gasteiger partial charge on any atom is -0.341 e. The monoisotopic (exact) mass is 341 g/mol. The van der Waals surface area contributed by atoms with E-state index >= 15 is 0 Å². The van der Waals surface area contributed by atoms with Crippen LogP contribution in [0.15, 0.2) is 30.1 Å². The molecule has 6 nitrogen and oxygen atoms in total. The lowest BCUT2D eigenvalue weighted by molar-refractivity contribution is -0.131. The Morgan fingerprint density at radius 3 is 2.60 bits per heavy atom. The maximum Gasteiger partial charge on any atom is 0.236 e. The molecule has 0 unspecified atom stereocenters. The number of hydrogen-bond acceptors (Lipinski definition) is 5. The van der Waals surface area contributed by atoms with E-state index in [1.807, 2.05) is 6.07 Å². The molecular weight excluding hydrogens is 314 g/mol. The first-order chi connectivity index (χ1) is 12.2. The average molecular weight is 341 g/mol. The number of carbonyl (C=O) groups is 1. The Hall–Kier alpha value is -1.95. The number of amides is 1. The van der Waals surface area contributed by atoms with E-state index in [0.717, 1.165) is 51.6 Å². The highest BCUT2D eigenvalue weighted by molar-refractivity contribution is 5.78. The second-order valence-corrected chi connectivity index (χ2v) is 7.62. The zero-order valence-electron chi connectivity index (χ0n) is 15.0. The van der Waals surface area contributed by atoms with Gasteiger partial charge >= 0.3 is 0 Å². The molecule has 3 heterocycles. The minimum atomic E-state index is 0.302. The van der Waals surface area contributed by atoms with E-state index in [9.17, 15) is 4.79 Å². The van der Waals surface area contributed by atoms with Crippen LogP contribution in [0.2, 0.25) is 0 Å². The molecule has 25 heavy (non-hydrogen) atoms. The van der Waals surface area contributed by atoms with Gasteiger partial charge in [-0.15, -0.1) is 0 Å². The second-order valence-electron chi connectivity index (χ2n) is 7.62. The van der Waals surface area contributed by atoms with Crippen molar-refractivity contribution in [3.63, 3.8) is 0 Å². The molecule has 3 aliphatic rings. The molecule has 1 aromatic heterocycles. The summed E-state index contributed by atoms with van der Waals surface area (Å²) in [6, 6.07) is 1.84. The van der Waals surface area contributed by atoms with E-state index in [1.165, 1.54) is 12.0 Å². The fourth-order valence-corrected chi connectivity index (χ4v) is 4.34. The van der Waals surface area contributed by atoms with Crippen molar-refractivity contribution >= 4 is 11.9 Å². The molecule has 0 N–H and O–H groups in total. The van der Waals surface area contributed by atoms with E-state index < -0.39 is 0 Å². The molecule has 2 saturated heterocycles. The third-order valence-corrected chi connectivity index (χ3v) is 5.85. The Morgan fingerprint density at radius 1 is 1.12 bits per heavy atom. The van der Waals surface area contributed by atoms with Crippen molar-refractivity contribution < 1.29 is 4.79 Å². The van der Waals surface area contributed by atoms with Crippen molar-refractivity contribution in [3.8, 4) is 0 Å². The molecule has 6 heteroatoms. The number of fused-ring (bicyclic) bond motifs is 1. The van der Waals surface area contributed by atoms with Crippen LogP contribution in [-0.2, 0) is 4.79 Å². The molecule has 0 bridgehead atoms. The second kappa shape index (κ2) is 7.12. The molecule has 2 atom stereocenters. The summed E-state index contributed by atoms with van der Waals surface area (Å²) < 4.78 is 0. The van der Waals surface area contributed by atoms with Gasteiger partial charge in [-0.25, -0.2) is 9.97 Å². The van der Waals surface area contributed by atoms with Crippen molar-refractivity contribution in [2.24, 2.45) is 11.8 Å². The molecule has 1 aliphatic carbocycles. The predicted molar refractivity (Wildman–Crippen MR) is 97.2 cm³/mol. The summed E-state index contributed by atoms with van der Waals surface area (Å²) in [7, 11) is 0. The van der Waals surface area contributed by atoms with Gasteiger partial charge in [-0.05, 0) is 37.7 Å². The topological polar surface area (TPSA) is 52.6 Å². The van der Waals surface area contributed by atoms with Crippen LogP contribution < -0.4 is 4.90 Å². The van der Waals surface area contributed by atoms with Gasteiger partial charge in [0.2, 0.25) is 11.9 Å². The highest BCUT2D eigenvalue weighted by atomic mass is 16.2. The summed E-state index contributed by atoms with van der Waals surface area (Å²) in [6.07, 6.45) is 8.24. The summed E-state index contributed by atoms with van der Waals surface area (Å²) in [5.41, 5.74) is 1.50. The van der Waals surface area contributed by atoms with Crippen LogP contribution in [0.5, 0.6) is 0 Å². The molecule has 1 aromatic rings. The first-order valence-corrected chi connectivity index (χ1v) is 9.37. The number of rotatable bonds is 3. The molecular formula is C19H27N5O. The van der Waals surface area contributed by atoms with Crippen LogP contribution in [0.1, 0.15) is 19.8 Å². The standard InChI is InChI=1S/C19H27N5O/c1-15-3-4-16-12-24(13-17(16)11-15)18(25)14-22-7-9-23(10-8-22)19-20-5-2-6-21-19/h2-3,5-6,16-17H,4,7-14H2,1H3/t16-,17+/m0/s1. The molecule has 4 rings (SSSR count). The molecule has 1 amide bonds. The molecule has 2 aliphatic heterocycles. The van der Waals surface area contributed by atoms with Crippen LogP contribution in [0.25, 0.3) is 0 Å². The maximum atomic E-state index is 12.7. The van der Waals surface area contributed by atoms with E-state index in [0.29, 0.717) is 24.3 Å². The number of carbonyl (C=O) groups excluding carboxylic acids is 1. The first kappa shape index (κ1) is 16.5. The van der Waals surface area contributed by atoms with E-state index in [2.05, 4.69) is 37.7 Å². The van der Waals surface area contributed by atoms with Gasteiger partial charge < -0.3 is 9.80 Å². The van der Waals surface area contributed by atoms with Crippen molar-refractivity contribution in [3.05, 3.63) is 30.1 Å². The van der Waals surface area contributed by atoms with Gasteiger partial charge in [-0.1, -0.05) is 11.6 Å². The van der Waals surface area contributed by atoms with Crippen LogP contribution in [0, 0.1) is 11.8 Å². The lowest BCUT2D eigenvalue weighted by Gasteiger charge is -2.34. The van der Waals surface area contributed by atoms with Gasteiger partial charge in [-0.2, -0.15) is 0 Å². The number of aromatic nitrogens is 2. The van der Waals surface area contributed by atoms with Crippen molar-refractivity contribution in [2.45, 2.75) is 19.8 Å². The number of piperazine rings is 1. The lowest BCUT2D eigenvalue weighted by atomic mass is 9.83. The predicted octanol–water partition coefficient (Wildman–Crippen LogP) is 1.41. The third kappa shape index (κ3) is 3.68. The SMILES string of the molecule is CC1=CC[C@H]2CN(C(=O)CN3CCN(c4ncccn4)CC3)C[C@H]2C1. The van der Waals surface area contributed by atoms with Gasteiger partial charge in [0.15, 0.2) is 0 Å². The molecule has 0 aromatic carbocycles. The number of allylic oxidation sites excluding steroid dienone is 2. The molecule has 2 fully saturated rings. The van der Waals surface area contributed by atoms with Gasteiger partial charge in [-0.3, -0.25) is 9.69 Å². The largest absolute Gasteiger partial charge is 0.341 e. The third-order valence-electron chi connectivity index (χ3n) is 5.85. The quantitative estimate of drug-likeness (QED) is 0.778. The smallest absolute Gasteiger partial charge is 0.236 e. The van der Waals surface area contributed by atoms with Crippen molar-refractivity contribution in [2.75, 3.05) is 50.7 Å². The summed E-state index contributed by atoms with van der Waals surface area (Å²) in [5.74, 6) is 2.46. The van der Waals surface area contributed by atoms with Gasteiger partial charge in [0, 0.05) is 51.7 Å². The number of likely N-dealkylation sites (tertiary alicyclic amines) is 1. The maximum absolute atomic E-state index is 12.7. The fraction of sp³-hybridized carbons (Fsp3) is 0.632. The van der Waals surface area contributed by atoms with Gasteiger partial charge in [0.05, 0.1) is 6.54 Å². The fourth-order valence-electron chi connectivity index (χ4n) is 4.34. The Kier molecular flexibility index (Phi) is 4.70. The van der Waals surface area contributed by atoms with Crippen molar-refractivity contribution in [1.29, 1.82) is 0 Å². The minimum absolute atomic E-state index is 0.302. The zero-order chi connectivity index (χ0) is 17.2. The lowest BCUT2D eigenvalue weighted by Crippen LogP contribution is -2.50. The number of anilines is 1. The Balaban J connectivity index is 1.26. The summed E-state index contributed by atoms with van der Waals surface area (Å²) >= 11 is 0. The van der Waals surface area contributed by atoms with E-state index in [4.69, 9.17) is 0 Å². The summed E-state index contributed by atoms with van der Waals surface area (Å²) in [6.45, 7) is 8.22. The molecule has 0 radical (unpaired) electrons. The highest BCUT2D eigenvalue weighted by Crippen LogP contribution is 2.35. The number of hydrogen-bond donors (Lipinski definition) is 0. The van der Waals surface area contributed by atoms with E-state index in [1.54, 1.807) is 12.4 Å². The first-order valence-electron chi connectivity index (χ1n) is 9.37. The molecule has 0 saturated carbocycles. The van der Waals surface area contributed by atoms with Crippen LogP contribution in [0.3, 0.4) is 0 Å². The number of nitrogens with zero attached hydrogens (tertiary/aromatic N) is 5. The zero-order valence-corrected chi connectivity index (χ0v) is 15.0. The Bertz CT molecular complexity index is 638. The summed E-state index contributed by atoms with van der Waals surface area (Å²) in [4.78, 5) is 27.9. The normalized spacial score (nSPS) is 27.2. The van der Waals surface area contributed by atoms with Crippen LogP contribution in [-0.4, -0.2) is 71.5 Å². The van der Waals surface area contributed by atoms with Crippen molar-refractivity contribution in [1.82, 2.24) is 19.8 Å². The van der Waals surface area contributed by atoms with Crippen LogP contribution >= 0.6 is 0 Å². The average Bonchev–Trinajstić information content (AvgIpc) is 3.06. The van der Waals surface area contributed by atoms with Gasteiger partial charge in [0.25, 0.3) is 0 Å². The summed E-state index contributed by atoms with van der Waals surface area (Å²) in [5, 5.41) is 0. The molecule has 0 spiro atoms. The Labute approximate surface area is 149 Å². The van der Waals surface area contributed by atoms with E-state index in [-0.39, 0.29) is 0 Å². The molecule has 134 valence electrons.